The first-order valence-corrected chi connectivity index (χ1v) is 11.4. The van der Waals surface area contributed by atoms with Gasteiger partial charge in [0, 0.05) is 6.20 Å². The minimum atomic E-state index is -0.354. The van der Waals surface area contributed by atoms with Crippen LogP contribution in [0.15, 0.2) is 65.3 Å². The molecule has 2 aromatic heterocycles. The van der Waals surface area contributed by atoms with Crippen LogP contribution < -0.4 is 10.1 Å². The van der Waals surface area contributed by atoms with Gasteiger partial charge in [0.1, 0.15) is 18.1 Å². The van der Waals surface area contributed by atoms with Crippen LogP contribution in [-0.2, 0) is 26.0 Å². The smallest absolute Gasteiger partial charge is 0.291 e. The number of nitrogens with zero attached hydrogens (tertiary/aromatic N) is 2. The third-order valence-corrected chi connectivity index (χ3v) is 6.30. The van der Waals surface area contributed by atoms with E-state index in [1.807, 2.05) is 12.1 Å². The molecule has 0 aliphatic heterocycles. The average Bonchev–Trinajstić information content (AvgIpc) is 3.55. The van der Waals surface area contributed by atoms with Crippen LogP contribution in [0.25, 0.3) is 0 Å². The van der Waals surface area contributed by atoms with E-state index in [4.69, 9.17) is 32.4 Å². The molecule has 0 fully saturated rings. The summed E-state index contributed by atoms with van der Waals surface area (Å²) in [7, 11) is 0. The molecule has 4 aromatic rings. The van der Waals surface area contributed by atoms with E-state index in [0.29, 0.717) is 28.0 Å². The Morgan fingerprint density at radius 1 is 1.06 bits per heavy atom. The van der Waals surface area contributed by atoms with Crippen LogP contribution in [0.4, 0.5) is 5.69 Å². The number of ether oxygens (including phenoxy) is 1. The van der Waals surface area contributed by atoms with Crippen LogP contribution >= 0.6 is 23.2 Å². The first-order valence-electron chi connectivity index (χ1n) is 10.6. The van der Waals surface area contributed by atoms with Crippen molar-refractivity contribution in [2.75, 3.05) is 5.32 Å². The highest BCUT2D eigenvalue weighted by molar-refractivity contribution is 6.42. The van der Waals surface area contributed by atoms with Crippen LogP contribution in [0.2, 0.25) is 10.0 Å². The number of rotatable bonds is 7. The van der Waals surface area contributed by atoms with E-state index in [2.05, 4.69) is 22.5 Å². The molecule has 0 atom stereocenters. The lowest BCUT2D eigenvalue weighted by molar-refractivity contribution is 0.0992. The van der Waals surface area contributed by atoms with Crippen molar-refractivity contribution in [2.24, 2.45) is 0 Å². The minimum Gasteiger partial charge on any atom is -0.486 e. The monoisotopic (exact) mass is 481 g/mol. The van der Waals surface area contributed by atoms with Crippen molar-refractivity contribution in [1.29, 1.82) is 0 Å². The van der Waals surface area contributed by atoms with Gasteiger partial charge in [-0.25, -0.2) is 0 Å². The van der Waals surface area contributed by atoms with Gasteiger partial charge in [-0.3, -0.25) is 9.48 Å². The molecule has 0 bridgehead atoms. The number of furan rings is 1. The van der Waals surface area contributed by atoms with Crippen molar-refractivity contribution >= 4 is 34.8 Å². The van der Waals surface area contributed by atoms with Gasteiger partial charge in [-0.05, 0) is 72.4 Å². The third-order valence-electron chi connectivity index (χ3n) is 5.56. The second-order valence-corrected chi connectivity index (χ2v) is 8.78. The van der Waals surface area contributed by atoms with E-state index >= 15 is 0 Å². The number of carbonyl (C=O) groups is 1. The highest BCUT2D eigenvalue weighted by Crippen LogP contribution is 2.27. The molecule has 8 heteroatoms. The lowest BCUT2D eigenvalue weighted by atomic mass is 10.1. The van der Waals surface area contributed by atoms with Crippen molar-refractivity contribution in [3.63, 3.8) is 0 Å². The van der Waals surface area contributed by atoms with Crippen LogP contribution in [0.1, 0.15) is 39.4 Å². The molecule has 0 saturated heterocycles. The zero-order chi connectivity index (χ0) is 22.8. The summed E-state index contributed by atoms with van der Waals surface area (Å²) in [5, 5.41) is 8.07. The number of nitrogens with one attached hydrogen (secondary N) is 1. The van der Waals surface area contributed by atoms with Crippen molar-refractivity contribution in [3.8, 4) is 5.75 Å². The van der Waals surface area contributed by atoms with Crippen LogP contribution in [0.5, 0.6) is 5.75 Å². The van der Waals surface area contributed by atoms with Crippen LogP contribution in [0.3, 0.4) is 0 Å². The Labute approximate surface area is 201 Å². The van der Waals surface area contributed by atoms with E-state index in [9.17, 15) is 4.79 Å². The van der Waals surface area contributed by atoms with Gasteiger partial charge >= 0.3 is 0 Å². The third kappa shape index (κ3) is 5.07. The summed E-state index contributed by atoms with van der Waals surface area (Å²) in [4.78, 5) is 12.6. The number of aryl methyl sites for hydroxylation is 2. The Morgan fingerprint density at radius 2 is 1.94 bits per heavy atom. The predicted octanol–water partition coefficient (Wildman–Crippen LogP) is 6.15. The van der Waals surface area contributed by atoms with E-state index in [1.165, 1.54) is 17.5 Å². The molecule has 0 saturated carbocycles. The van der Waals surface area contributed by atoms with E-state index < -0.39 is 0 Å². The molecule has 0 radical (unpaired) electrons. The molecule has 2 aromatic carbocycles. The normalized spacial score (nSPS) is 12.5. The van der Waals surface area contributed by atoms with E-state index in [1.54, 1.807) is 41.3 Å². The van der Waals surface area contributed by atoms with Crippen molar-refractivity contribution in [3.05, 3.63) is 99.2 Å². The number of carbonyl (C=O) groups excluding carboxylic acids is 1. The van der Waals surface area contributed by atoms with Crippen LogP contribution in [0, 0.1) is 0 Å². The molecule has 1 amide bonds. The van der Waals surface area contributed by atoms with Gasteiger partial charge in [0.25, 0.3) is 5.91 Å². The predicted molar refractivity (Wildman–Crippen MR) is 127 cm³/mol. The Balaban J connectivity index is 1.17. The molecular weight excluding hydrogens is 461 g/mol. The van der Waals surface area contributed by atoms with Gasteiger partial charge in [0.15, 0.2) is 5.76 Å². The minimum absolute atomic E-state index is 0.208. The number of benzene rings is 2. The van der Waals surface area contributed by atoms with Gasteiger partial charge in [0.2, 0.25) is 0 Å². The number of anilines is 1. The molecule has 168 valence electrons. The van der Waals surface area contributed by atoms with Crippen molar-refractivity contribution in [1.82, 2.24) is 9.78 Å². The van der Waals surface area contributed by atoms with E-state index in [-0.39, 0.29) is 18.3 Å². The standard InChI is InChI=1S/C25H21Cl2N3O3/c26-22-8-4-16(10-23(22)27)13-30-14-19(12-28-30)29-25(31)24-9-7-21(33-24)15-32-20-6-5-17-2-1-3-18(17)11-20/h4-12,14H,1-3,13,15H2,(H,29,31). The largest absolute Gasteiger partial charge is 0.486 e. The molecule has 1 aliphatic carbocycles. The Bertz CT molecular complexity index is 1310. The highest BCUT2D eigenvalue weighted by atomic mass is 35.5. The summed E-state index contributed by atoms with van der Waals surface area (Å²) in [5.74, 6) is 1.25. The lowest BCUT2D eigenvalue weighted by Crippen LogP contribution is -2.10. The van der Waals surface area contributed by atoms with Crippen molar-refractivity contribution in [2.45, 2.75) is 32.4 Å². The molecule has 5 rings (SSSR count). The topological polar surface area (TPSA) is 69.3 Å². The molecule has 6 nitrogen and oxygen atoms in total. The number of hydrogen-bond acceptors (Lipinski definition) is 4. The average molecular weight is 482 g/mol. The van der Waals surface area contributed by atoms with Gasteiger partial charge < -0.3 is 14.5 Å². The fourth-order valence-corrected chi connectivity index (χ4v) is 4.22. The molecular formula is C25H21Cl2N3O3. The zero-order valence-electron chi connectivity index (χ0n) is 17.7. The Hall–Kier alpha value is -3.22. The molecule has 0 spiro atoms. The SMILES string of the molecule is O=C(Nc1cnn(Cc2ccc(Cl)c(Cl)c2)c1)c1ccc(COc2ccc3c(c2)CCC3)o1. The number of hydrogen-bond donors (Lipinski definition) is 1. The van der Waals surface area contributed by atoms with Gasteiger partial charge in [-0.1, -0.05) is 35.3 Å². The molecule has 1 N–H and O–H groups in total. The van der Waals surface area contributed by atoms with E-state index in [0.717, 1.165) is 24.2 Å². The molecule has 33 heavy (non-hydrogen) atoms. The summed E-state index contributed by atoms with van der Waals surface area (Å²) < 4.78 is 13.2. The van der Waals surface area contributed by atoms with Gasteiger partial charge in [-0.2, -0.15) is 5.10 Å². The molecule has 0 unspecified atom stereocenters. The highest BCUT2D eigenvalue weighted by Gasteiger charge is 2.14. The van der Waals surface area contributed by atoms with Crippen LogP contribution in [-0.4, -0.2) is 15.7 Å². The lowest BCUT2D eigenvalue weighted by Gasteiger charge is -2.06. The Kier molecular flexibility index (Phi) is 6.11. The molecule has 2 heterocycles. The maximum atomic E-state index is 12.6. The summed E-state index contributed by atoms with van der Waals surface area (Å²) in [6, 6.07) is 15.0. The fraction of sp³-hybridized carbons (Fsp3) is 0.200. The maximum Gasteiger partial charge on any atom is 0.291 e. The number of halogens is 2. The first kappa shape index (κ1) is 21.6. The summed E-state index contributed by atoms with van der Waals surface area (Å²) in [6.07, 6.45) is 6.75. The second kappa shape index (κ2) is 9.33. The first-order chi connectivity index (χ1) is 16.0. The maximum absolute atomic E-state index is 12.6. The number of amides is 1. The van der Waals surface area contributed by atoms with Gasteiger partial charge in [0.05, 0.1) is 28.5 Å². The molecule has 1 aliphatic rings. The number of fused-ring (bicyclic) bond motifs is 1. The van der Waals surface area contributed by atoms with Crippen molar-refractivity contribution < 1.29 is 13.9 Å². The fourth-order valence-electron chi connectivity index (χ4n) is 3.90. The second-order valence-electron chi connectivity index (χ2n) is 7.97. The van der Waals surface area contributed by atoms with Gasteiger partial charge in [-0.15, -0.1) is 0 Å². The number of aromatic nitrogens is 2. The summed E-state index contributed by atoms with van der Waals surface area (Å²) >= 11 is 12.0. The summed E-state index contributed by atoms with van der Waals surface area (Å²) in [6.45, 7) is 0.755. The summed E-state index contributed by atoms with van der Waals surface area (Å²) in [5.41, 5.74) is 4.27. The quantitative estimate of drug-likeness (QED) is 0.343. The zero-order valence-corrected chi connectivity index (χ0v) is 19.2. The Morgan fingerprint density at radius 3 is 2.82 bits per heavy atom.